The summed E-state index contributed by atoms with van der Waals surface area (Å²) < 4.78 is 10.4. The maximum atomic E-state index is 5.24. The monoisotopic (exact) mass is 153 g/mol. The highest BCUT2D eigenvalue weighted by atomic mass is 16.6. The van der Waals surface area contributed by atoms with E-state index < -0.39 is 0 Å². The molecule has 0 unspecified atom stereocenters. The Hall–Kier alpha value is -1.25. The first-order chi connectivity index (χ1) is 4.97. The van der Waals surface area contributed by atoms with Gasteiger partial charge in [0.2, 0.25) is 0 Å². The zero-order valence-electron chi connectivity index (χ0n) is 5.41. The van der Waals surface area contributed by atoms with Crippen molar-refractivity contribution in [1.82, 2.24) is 4.98 Å². The van der Waals surface area contributed by atoms with Crippen molar-refractivity contribution in [2.24, 2.45) is 0 Å². The van der Waals surface area contributed by atoms with Crippen molar-refractivity contribution in [2.45, 2.75) is 7.43 Å². The van der Waals surface area contributed by atoms with Crippen LogP contribution in [0.2, 0.25) is 0 Å². The maximum absolute atomic E-state index is 5.24. The zero-order chi connectivity index (χ0) is 6.81. The van der Waals surface area contributed by atoms with Crippen molar-refractivity contribution in [3.8, 4) is 11.6 Å². The number of hydrogen-bond acceptors (Lipinski definition) is 3. The van der Waals surface area contributed by atoms with E-state index in [4.69, 9.17) is 9.47 Å². The number of fused-ring (bicyclic) bond motifs is 1. The van der Waals surface area contributed by atoms with E-state index in [0.29, 0.717) is 19.1 Å². The molecule has 60 valence electrons. The van der Waals surface area contributed by atoms with Gasteiger partial charge in [-0.2, -0.15) is 0 Å². The van der Waals surface area contributed by atoms with Crippen LogP contribution in [0.5, 0.6) is 11.6 Å². The highest BCUT2D eigenvalue weighted by molar-refractivity contribution is 5.33. The van der Waals surface area contributed by atoms with Gasteiger partial charge in [-0.25, -0.2) is 4.98 Å². The Morgan fingerprint density at radius 3 is 2.91 bits per heavy atom. The van der Waals surface area contributed by atoms with Crippen LogP contribution in [-0.4, -0.2) is 18.2 Å². The molecule has 11 heavy (non-hydrogen) atoms. The molecule has 0 fully saturated rings. The van der Waals surface area contributed by atoms with Gasteiger partial charge in [0.1, 0.15) is 13.2 Å². The van der Waals surface area contributed by atoms with Gasteiger partial charge in [-0.3, -0.25) is 0 Å². The average molecular weight is 153 g/mol. The molecule has 0 bridgehead atoms. The molecular formula is C8H11NO2. The van der Waals surface area contributed by atoms with Crippen molar-refractivity contribution in [3.63, 3.8) is 0 Å². The van der Waals surface area contributed by atoms with Gasteiger partial charge >= 0.3 is 0 Å². The minimum atomic E-state index is 0. The summed E-state index contributed by atoms with van der Waals surface area (Å²) in [6, 6.07) is 3.68. The Morgan fingerprint density at radius 2 is 2.09 bits per heavy atom. The van der Waals surface area contributed by atoms with Crippen LogP contribution < -0.4 is 9.47 Å². The van der Waals surface area contributed by atoms with Gasteiger partial charge in [0, 0.05) is 6.20 Å². The van der Waals surface area contributed by atoms with E-state index in [1.165, 1.54) is 0 Å². The molecule has 3 heteroatoms. The lowest BCUT2D eigenvalue weighted by atomic mass is 10.4. The zero-order valence-corrected chi connectivity index (χ0v) is 5.41. The summed E-state index contributed by atoms with van der Waals surface area (Å²) >= 11 is 0. The van der Waals surface area contributed by atoms with Crippen LogP contribution >= 0.6 is 0 Å². The number of aromatic nitrogens is 1. The molecule has 2 rings (SSSR count). The van der Waals surface area contributed by atoms with Crippen molar-refractivity contribution in [1.29, 1.82) is 0 Å². The highest BCUT2D eigenvalue weighted by Crippen LogP contribution is 2.25. The molecule has 1 aromatic heterocycles. The SMILES string of the molecule is C.c1cnc2c(c1)OCCO2. The molecule has 1 aromatic rings. The van der Waals surface area contributed by atoms with Crippen LogP contribution in [0.25, 0.3) is 0 Å². The van der Waals surface area contributed by atoms with Crippen LogP contribution in [0.1, 0.15) is 7.43 Å². The minimum absolute atomic E-state index is 0. The van der Waals surface area contributed by atoms with E-state index in [1.807, 2.05) is 12.1 Å². The van der Waals surface area contributed by atoms with E-state index in [-0.39, 0.29) is 7.43 Å². The Kier molecular flexibility index (Phi) is 2.31. The largest absolute Gasteiger partial charge is 0.484 e. The van der Waals surface area contributed by atoms with Gasteiger partial charge in [0.05, 0.1) is 0 Å². The fourth-order valence-corrected chi connectivity index (χ4v) is 0.884. The summed E-state index contributed by atoms with van der Waals surface area (Å²) in [7, 11) is 0. The quantitative estimate of drug-likeness (QED) is 0.565. The third-order valence-corrected chi connectivity index (χ3v) is 1.32. The molecule has 0 amide bonds. The Labute approximate surface area is 66.0 Å². The minimum Gasteiger partial charge on any atom is -0.484 e. The smallest absolute Gasteiger partial charge is 0.257 e. The standard InChI is InChI=1S/C7H7NO2.CH4/c1-2-6-7(8-3-1)10-5-4-9-6;/h1-3H,4-5H2;1H4. The molecule has 0 N–H and O–H groups in total. The number of pyridine rings is 1. The molecule has 0 aromatic carbocycles. The summed E-state index contributed by atoms with van der Waals surface area (Å²) in [6.45, 7) is 1.22. The second kappa shape index (κ2) is 3.23. The van der Waals surface area contributed by atoms with Crippen molar-refractivity contribution in [2.75, 3.05) is 13.2 Å². The van der Waals surface area contributed by atoms with Gasteiger partial charge in [0.15, 0.2) is 5.75 Å². The number of nitrogens with zero attached hydrogens (tertiary/aromatic N) is 1. The first-order valence-electron chi connectivity index (χ1n) is 3.17. The summed E-state index contributed by atoms with van der Waals surface area (Å²) in [4.78, 5) is 3.97. The third-order valence-electron chi connectivity index (χ3n) is 1.32. The van der Waals surface area contributed by atoms with Gasteiger partial charge in [0.25, 0.3) is 5.88 Å². The summed E-state index contributed by atoms with van der Waals surface area (Å²) in [5.74, 6) is 1.35. The molecule has 1 aliphatic rings. The van der Waals surface area contributed by atoms with Crippen molar-refractivity contribution < 1.29 is 9.47 Å². The lowest BCUT2D eigenvalue weighted by molar-refractivity contribution is 0.164. The van der Waals surface area contributed by atoms with Gasteiger partial charge in [-0.1, -0.05) is 7.43 Å². The Morgan fingerprint density at radius 1 is 1.27 bits per heavy atom. The number of hydrogen-bond donors (Lipinski definition) is 0. The molecule has 0 aliphatic carbocycles. The summed E-state index contributed by atoms with van der Waals surface area (Å²) in [6.07, 6.45) is 1.69. The predicted octanol–water partition coefficient (Wildman–Crippen LogP) is 1.49. The van der Waals surface area contributed by atoms with Crippen molar-refractivity contribution >= 4 is 0 Å². The molecule has 3 nitrogen and oxygen atoms in total. The van der Waals surface area contributed by atoms with Gasteiger partial charge in [-0.05, 0) is 12.1 Å². The highest BCUT2D eigenvalue weighted by Gasteiger charge is 2.09. The molecule has 0 saturated heterocycles. The van der Waals surface area contributed by atoms with Crippen molar-refractivity contribution in [3.05, 3.63) is 18.3 Å². The third kappa shape index (κ3) is 1.42. The molecule has 0 saturated carbocycles. The van der Waals surface area contributed by atoms with Gasteiger partial charge in [-0.15, -0.1) is 0 Å². The first-order valence-corrected chi connectivity index (χ1v) is 3.17. The number of rotatable bonds is 0. The second-order valence-corrected chi connectivity index (χ2v) is 2.00. The van der Waals surface area contributed by atoms with E-state index >= 15 is 0 Å². The molecule has 1 aliphatic heterocycles. The Bertz CT molecular complexity index is 212. The lowest BCUT2D eigenvalue weighted by Crippen LogP contribution is -2.15. The van der Waals surface area contributed by atoms with Crippen LogP contribution in [-0.2, 0) is 0 Å². The molecule has 0 radical (unpaired) electrons. The molecule has 2 heterocycles. The topological polar surface area (TPSA) is 31.4 Å². The number of ether oxygens (including phenoxy) is 2. The average Bonchev–Trinajstić information content (AvgIpc) is 2.05. The van der Waals surface area contributed by atoms with Crippen LogP contribution in [0.15, 0.2) is 18.3 Å². The maximum Gasteiger partial charge on any atom is 0.257 e. The molecule has 0 atom stereocenters. The lowest BCUT2D eigenvalue weighted by Gasteiger charge is -2.15. The fourth-order valence-electron chi connectivity index (χ4n) is 0.884. The van der Waals surface area contributed by atoms with Crippen LogP contribution in [0, 0.1) is 0 Å². The van der Waals surface area contributed by atoms with E-state index in [2.05, 4.69) is 4.98 Å². The molecule has 0 spiro atoms. The van der Waals surface area contributed by atoms with E-state index in [1.54, 1.807) is 6.20 Å². The first kappa shape index (κ1) is 7.85. The summed E-state index contributed by atoms with van der Waals surface area (Å²) in [5.41, 5.74) is 0. The van der Waals surface area contributed by atoms with Crippen LogP contribution in [0.3, 0.4) is 0 Å². The Balaban J connectivity index is 0.000000605. The molecular weight excluding hydrogens is 142 g/mol. The predicted molar refractivity (Wildman–Crippen MR) is 42.0 cm³/mol. The van der Waals surface area contributed by atoms with Crippen LogP contribution in [0.4, 0.5) is 0 Å². The second-order valence-electron chi connectivity index (χ2n) is 2.00. The fraction of sp³-hybridized carbons (Fsp3) is 0.375. The van der Waals surface area contributed by atoms with Gasteiger partial charge < -0.3 is 9.47 Å². The van der Waals surface area contributed by atoms with E-state index in [0.717, 1.165) is 5.75 Å². The van der Waals surface area contributed by atoms with E-state index in [9.17, 15) is 0 Å². The summed E-state index contributed by atoms with van der Waals surface area (Å²) in [5, 5.41) is 0. The normalized spacial score (nSPS) is 13.5.